The first-order valence-corrected chi connectivity index (χ1v) is 9.99. The molecule has 0 unspecified atom stereocenters. The van der Waals surface area contributed by atoms with Gasteiger partial charge in [0.05, 0.1) is 28.9 Å². The molecule has 5 nitrogen and oxygen atoms in total. The Hall–Kier alpha value is -3.07. The van der Waals surface area contributed by atoms with Crippen molar-refractivity contribution in [3.63, 3.8) is 0 Å². The molecule has 1 aliphatic rings. The quantitative estimate of drug-likeness (QED) is 0.583. The molecule has 156 valence electrons. The maximum absolute atomic E-state index is 13.7. The van der Waals surface area contributed by atoms with Crippen LogP contribution in [-0.2, 0) is 11.3 Å². The predicted molar refractivity (Wildman–Crippen MR) is 112 cm³/mol. The van der Waals surface area contributed by atoms with Gasteiger partial charge in [-0.2, -0.15) is 0 Å². The number of guanidine groups is 1. The molecule has 0 saturated heterocycles. The van der Waals surface area contributed by atoms with Crippen LogP contribution in [0.3, 0.4) is 0 Å². The van der Waals surface area contributed by atoms with Gasteiger partial charge in [0.1, 0.15) is 12.3 Å². The van der Waals surface area contributed by atoms with Crippen molar-refractivity contribution in [3.8, 4) is 0 Å². The zero-order valence-electron chi connectivity index (χ0n) is 16.6. The van der Waals surface area contributed by atoms with E-state index in [1.165, 1.54) is 7.11 Å². The van der Waals surface area contributed by atoms with Gasteiger partial charge in [-0.1, -0.05) is 0 Å². The second-order valence-electron chi connectivity index (χ2n) is 6.93. The number of halogens is 3. The van der Waals surface area contributed by atoms with E-state index in [-0.39, 0.29) is 12.1 Å². The summed E-state index contributed by atoms with van der Waals surface area (Å²) in [5, 5.41) is 4.28. The summed E-state index contributed by atoms with van der Waals surface area (Å²) in [5.41, 5.74) is 3.03. The summed E-state index contributed by atoms with van der Waals surface area (Å²) in [6, 6.07) is 5.95. The third-order valence-electron chi connectivity index (χ3n) is 4.70. The molecule has 2 aromatic carbocycles. The monoisotopic (exact) mass is 432 g/mol. The average molecular weight is 432 g/mol. The van der Waals surface area contributed by atoms with E-state index in [0.29, 0.717) is 18.3 Å². The number of nitrogens with one attached hydrogen (secondary N) is 1. The number of aromatic nitrogens is 1. The van der Waals surface area contributed by atoms with E-state index in [4.69, 9.17) is 4.74 Å². The number of thiazole rings is 1. The number of fused-ring (bicyclic) bond motifs is 1. The van der Waals surface area contributed by atoms with Gasteiger partial charge in [0.15, 0.2) is 17.5 Å². The van der Waals surface area contributed by atoms with Crippen molar-refractivity contribution in [3.05, 3.63) is 69.8 Å². The Morgan fingerprint density at radius 1 is 1.13 bits per heavy atom. The number of aryl methyl sites for hydroxylation is 2. The van der Waals surface area contributed by atoms with E-state index in [1.54, 1.807) is 22.4 Å². The fraction of sp³-hybridized carbons (Fsp3) is 0.238. The van der Waals surface area contributed by atoms with Crippen molar-refractivity contribution >= 4 is 33.2 Å². The molecular formula is C21H19F3N4OS. The second kappa shape index (κ2) is 7.98. The normalized spacial score (nSPS) is 14.0. The summed E-state index contributed by atoms with van der Waals surface area (Å²) < 4.78 is 46.9. The van der Waals surface area contributed by atoms with Crippen LogP contribution in [0.25, 0.3) is 10.2 Å². The summed E-state index contributed by atoms with van der Waals surface area (Å²) in [5.74, 6) is -2.86. The van der Waals surface area contributed by atoms with Crippen LogP contribution in [0.1, 0.15) is 16.1 Å². The minimum atomic E-state index is -1.48. The molecular weight excluding hydrogens is 413 g/mol. The predicted octanol–water partition coefficient (Wildman–Crippen LogP) is 5.10. The molecule has 0 amide bonds. The summed E-state index contributed by atoms with van der Waals surface area (Å²) in [6.07, 6.45) is 1.71. The van der Waals surface area contributed by atoms with Crippen LogP contribution in [0, 0.1) is 31.3 Å². The maximum atomic E-state index is 13.7. The van der Waals surface area contributed by atoms with Crippen molar-refractivity contribution in [2.24, 2.45) is 4.99 Å². The highest BCUT2D eigenvalue weighted by atomic mass is 32.1. The first kappa shape index (κ1) is 20.2. The molecule has 0 bridgehead atoms. The summed E-state index contributed by atoms with van der Waals surface area (Å²) in [7, 11) is 1.53. The van der Waals surface area contributed by atoms with E-state index in [9.17, 15) is 13.2 Å². The molecule has 0 aliphatic carbocycles. The first-order chi connectivity index (χ1) is 14.3. The number of aliphatic imine (C=N–C) groups is 1. The summed E-state index contributed by atoms with van der Waals surface area (Å²) in [6.45, 7) is 4.32. The molecule has 9 heteroatoms. The van der Waals surface area contributed by atoms with Gasteiger partial charge < -0.3 is 15.0 Å². The molecule has 4 rings (SSSR count). The minimum absolute atomic E-state index is 0.0772. The largest absolute Gasteiger partial charge is 0.498 e. The fourth-order valence-electron chi connectivity index (χ4n) is 3.21. The zero-order chi connectivity index (χ0) is 21.4. The molecule has 0 fully saturated rings. The van der Waals surface area contributed by atoms with Crippen LogP contribution in [0.2, 0.25) is 0 Å². The van der Waals surface area contributed by atoms with E-state index >= 15 is 0 Å². The Bertz CT molecular complexity index is 1170. The van der Waals surface area contributed by atoms with Crippen LogP contribution >= 0.6 is 11.3 Å². The van der Waals surface area contributed by atoms with Gasteiger partial charge in [0, 0.05) is 11.9 Å². The third kappa shape index (κ3) is 3.97. The van der Waals surface area contributed by atoms with Crippen LogP contribution in [0.5, 0.6) is 0 Å². The first-order valence-electron chi connectivity index (χ1n) is 9.18. The number of nitrogens with zero attached hydrogens (tertiary/aromatic N) is 3. The van der Waals surface area contributed by atoms with Crippen molar-refractivity contribution in [2.75, 3.05) is 19.0 Å². The lowest BCUT2D eigenvalue weighted by atomic mass is 10.1. The molecule has 0 spiro atoms. The van der Waals surface area contributed by atoms with Gasteiger partial charge in [0.25, 0.3) is 0 Å². The molecule has 1 aliphatic heterocycles. The lowest BCUT2D eigenvalue weighted by molar-refractivity contribution is 0.273. The zero-order valence-corrected chi connectivity index (χ0v) is 17.4. The standard InChI is InChI=1S/C21H19F3N4OS/c1-11-4-18-19(30-12(2)26-18)7-17(11)27-21-25-8-14(29-3)10-28(21)9-13-5-15(22)20(24)16(23)6-13/h4-7,10H,8-9H2,1-3H3,(H,25,27). The Morgan fingerprint density at radius 3 is 2.57 bits per heavy atom. The topological polar surface area (TPSA) is 49.8 Å². The average Bonchev–Trinajstić information content (AvgIpc) is 3.06. The van der Waals surface area contributed by atoms with Gasteiger partial charge >= 0.3 is 0 Å². The maximum Gasteiger partial charge on any atom is 0.203 e. The van der Waals surface area contributed by atoms with Gasteiger partial charge in [-0.3, -0.25) is 0 Å². The Kier molecular flexibility index (Phi) is 5.38. The number of hydrogen-bond donors (Lipinski definition) is 1. The Balaban J connectivity index is 1.64. The second-order valence-corrected chi connectivity index (χ2v) is 8.17. The van der Waals surface area contributed by atoms with Crippen LogP contribution < -0.4 is 5.32 Å². The van der Waals surface area contributed by atoms with E-state index < -0.39 is 17.5 Å². The minimum Gasteiger partial charge on any atom is -0.498 e. The van der Waals surface area contributed by atoms with Crippen LogP contribution in [0.4, 0.5) is 18.9 Å². The molecule has 30 heavy (non-hydrogen) atoms. The lowest BCUT2D eigenvalue weighted by Gasteiger charge is -2.28. The molecule has 1 aromatic heterocycles. The molecule has 0 radical (unpaired) electrons. The fourth-order valence-corrected chi connectivity index (χ4v) is 4.06. The van der Waals surface area contributed by atoms with Crippen molar-refractivity contribution < 1.29 is 17.9 Å². The van der Waals surface area contributed by atoms with Gasteiger partial charge in [-0.15, -0.1) is 11.3 Å². The third-order valence-corrected chi connectivity index (χ3v) is 5.64. The van der Waals surface area contributed by atoms with E-state index in [2.05, 4.69) is 15.3 Å². The summed E-state index contributed by atoms with van der Waals surface area (Å²) >= 11 is 1.59. The van der Waals surface area contributed by atoms with Gasteiger partial charge in [-0.25, -0.2) is 23.1 Å². The highest BCUT2D eigenvalue weighted by molar-refractivity contribution is 7.18. The lowest BCUT2D eigenvalue weighted by Crippen LogP contribution is -2.35. The smallest absolute Gasteiger partial charge is 0.203 e. The van der Waals surface area contributed by atoms with Crippen LogP contribution in [-0.4, -0.2) is 29.5 Å². The number of anilines is 1. The Labute approximate surface area is 175 Å². The van der Waals surface area contributed by atoms with Crippen molar-refractivity contribution in [2.45, 2.75) is 20.4 Å². The molecule has 3 aromatic rings. The number of methoxy groups -OCH3 is 1. The number of rotatable bonds is 4. The highest BCUT2D eigenvalue weighted by Gasteiger charge is 2.20. The van der Waals surface area contributed by atoms with Crippen molar-refractivity contribution in [1.82, 2.24) is 9.88 Å². The highest BCUT2D eigenvalue weighted by Crippen LogP contribution is 2.28. The summed E-state index contributed by atoms with van der Waals surface area (Å²) in [4.78, 5) is 10.7. The molecule has 0 saturated carbocycles. The van der Waals surface area contributed by atoms with E-state index in [1.807, 2.05) is 26.0 Å². The van der Waals surface area contributed by atoms with Crippen LogP contribution in [0.15, 0.2) is 41.2 Å². The number of benzene rings is 2. The number of hydrogen-bond acceptors (Lipinski definition) is 6. The molecule has 2 heterocycles. The van der Waals surface area contributed by atoms with Gasteiger partial charge in [0.2, 0.25) is 5.96 Å². The van der Waals surface area contributed by atoms with Crippen molar-refractivity contribution in [1.29, 1.82) is 0 Å². The molecule has 0 atom stereocenters. The number of ether oxygens (including phenoxy) is 1. The Morgan fingerprint density at radius 2 is 1.87 bits per heavy atom. The molecule has 1 N–H and O–H groups in total. The SMILES string of the molecule is COC1=CN(Cc2cc(F)c(F)c(F)c2)C(Nc2cc3sc(C)nc3cc2C)=NC1. The van der Waals surface area contributed by atoms with E-state index in [0.717, 1.165) is 38.6 Å². The van der Waals surface area contributed by atoms with Gasteiger partial charge in [-0.05, 0) is 49.2 Å².